The van der Waals surface area contributed by atoms with E-state index in [1.807, 2.05) is 42.8 Å². The molecule has 0 bridgehead atoms. The van der Waals surface area contributed by atoms with Gasteiger partial charge in [0, 0.05) is 42.9 Å². The molecule has 0 spiro atoms. The number of alkyl halides is 2. The Hall–Kier alpha value is -2.50. The van der Waals surface area contributed by atoms with Gasteiger partial charge in [-0.3, -0.25) is 4.98 Å². The normalized spacial score (nSPS) is 18.5. The number of aromatic nitrogens is 3. The molecule has 3 aromatic heterocycles. The van der Waals surface area contributed by atoms with Crippen molar-refractivity contribution in [2.24, 2.45) is 5.92 Å². The van der Waals surface area contributed by atoms with E-state index in [2.05, 4.69) is 15.3 Å². The van der Waals surface area contributed by atoms with Crippen molar-refractivity contribution < 1.29 is 8.78 Å². The Morgan fingerprint density at radius 1 is 1.20 bits per heavy atom. The van der Waals surface area contributed by atoms with Gasteiger partial charge in [-0.25, -0.2) is 13.8 Å². The highest BCUT2D eigenvalue weighted by atomic mass is 19.3. The highest BCUT2D eigenvalue weighted by Gasteiger charge is 2.55. The van der Waals surface area contributed by atoms with E-state index in [4.69, 9.17) is 0 Å². The van der Waals surface area contributed by atoms with Gasteiger partial charge in [0.25, 0.3) is 5.92 Å². The van der Waals surface area contributed by atoms with Crippen LogP contribution >= 0.6 is 0 Å². The molecule has 3 heterocycles. The molecule has 4 nitrogen and oxygen atoms in total. The summed E-state index contributed by atoms with van der Waals surface area (Å²) in [4.78, 5) is 8.78. The summed E-state index contributed by atoms with van der Waals surface area (Å²) in [7, 11) is 0. The fraction of sp³-hybridized carbons (Fsp3) is 0.368. The van der Waals surface area contributed by atoms with Gasteiger partial charge in [-0.1, -0.05) is 0 Å². The maximum absolute atomic E-state index is 13.1. The van der Waals surface area contributed by atoms with E-state index < -0.39 is 11.8 Å². The van der Waals surface area contributed by atoms with E-state index in [1.54, 1.807) is 12.4 Å². The van der Waals surface area contributed by atoms with Crippen LogP contribution in [-0.4, -0.2) is 20.5 Å². The lowest BCUT2D eigenvalue weighted by atomic mass is 10.2. The fourth-order valence-electron chi connectivity index (χ4n) is 3.30. The number of aryl methyl sites for hydroxylation is 3. The molecule has 3 aromatic rings. The van der Waals surface area contributed by atoms with E-state index >= 15 is 0 Å². The van der Waals surface area contributed by atoms with Gasteiger partial charge in [0.2, 0.25) is 0 Å². The number of halogens is 2. The first-order chi connectivity index (χ1) is 12.0. The molecule has 0 saturated heterocycles. The molecule has 1 saturated carbocycles. The predicted molar refractivity (Wildman–Crippen MR) is 94.4 cm³/mol. The molecule has 1 fully saturated rings. The molecule has 6 heteroatoms. The van der Waals surface area contributed by atoms with Crippen LogP contribution in [0, 0.1) is 19.8 Å². The largest absolute Gasteiger partial charge is 0.347 e. The number of hydrogen-bond donors (Lipinski definition) is 1. The fourth-order valence-corrected chi connectivity index (χ4v) is 3.30. The number of nitrogens with zero attached hydrogens (tertiary/aromatic N) is 3. The molecular weight excluding hydrogens is 322 g/mol. The maximum Gasteiger partial charge on any atom is 0.251 e. The monoisotopic (exact) mass is 342 g/mol. The van der Waals surface area contributed by atoms with Crippen LogP contribution in [0.15, 0.2) is 36.8 Å². The highest BCUT2D eigenvalue weighted by molar-refractivity contribution is 5.92. The molecule has 1 aliphatic rings. The SMILES string of the molecule is Cc1ccnc(C)c1Nc1nccc2c1ccn2CCC1CC1(F)F. The number of nitrogens with one attached hydrogen (secondary N) is 1. The first kappa shape index (κ1) is 16.0. The average Bonchev–Trinajstić information content (AvgIpc) is 2.99. The predicted octanol–water partition coefficient (Wildman–Crippen LogP) is 4.84. The molecule has 25 heavy (non-hydrogen) atoms. The van der Waals surface area contributed by atoms with E-state index in [9.17, 15) is 8.78 Å². The van der Waals surface area contributed by atoms with Gasteiger partial charge in [0.15, 0.2) is 0 Å². The molecule has 0 aromatic carbocycles. The third kappa shape index (κ3) is 2.97. The summed E-state index contributed by atoms with van der Waals surface area (Å²) in [5, 5.41) is 4.36. The van der Waals surface area contributed by atoms with E-state index in [1.165, 1.54) is 0 Å². The lowest BCUT2D eigenvalue weighted by Gasteiger charge is -2.12. The second kappa shape index (κ2) is 5.79. The van der Waals surface area contributed by atoms with E-state index in [0.717, 1.165) is 33.7 Å². The molecule has 4 rings (SSSR count). The number of anilines is 2. The van der Waals surface area contributed by atoms with Gasteiger partial charge < -0.3 is 9.88 Å². The van der Waals surface area contributed by atoms with Crippen molar-refractivity contribution in [2.45, 2.75) is 39.2 Å². The van der Waals surface area contributed by atoms with E-state index in [-0.39, 0.29) is 6.42 Å². The Morgan fingerprint density at radius 3 is 2.68 bits per heavy atom. The lowest BCUT2D eigenvalue weighted by Crippen LogP contribution is -2.02. The van der Waals surface area contributed by atoms with Crippen LogP contribution in [0.25, 0.3) is 10.9 Å². The molecule has 1 atom stereocenters. The summed E-state index contributed by atoms with van der Waals surface area (Å²) in [6, 6.07) is 5.86. The zero-order valence-corrected chi connectivity index (χ0v) is 14.3. The van der Waals surface area contributed by atoms with Crippen LogP contribution in [-0.2, 0) is 6.54 Å². The van der Waals surface area contributed by atoms with Gasteiger partial charge in [0.1, 0.15) is 5.82 Å². The number of hydrogen-bond acceptors (Lipinski definition) is 3. The molecule has 1 aliphatic carbocycles. The molecule has 1 N–H and O–H groups in total. The number of rotatable bonds is 5. The second-order valence-electron chi connectivity index (χ2n) is 6.77. The standard InChI is InChI=1S/C19H20F2N4/c1-12-3-7-22-13(2)17(12)24-18-15-6-10-25(16(15)4-8-23-18)9-5-14-11-19(14,20)21/h3-4,6-8,10,14H,5,9,11H2,1-2H3,(H,23,24). The topological polar surface area (TPSA) is 42.7 Å². The molecule has 1 unspecified atom stereocenters. The molecular formula is C19H20F2N4. The average molecular weight is 342 g/mol. The van der Waals surface area contributed by atoms with Gasteiger partial charge in [-0.05, 0) is 44.0 Å². The van der Waals surface area contributed by atoms with Crippen molar-refractivity contribution >= 4 is 22.4 Å². The summed E-state index contributed by atoms with van der Waals surface area (Å²) in [5.74, 6) is -2.16. The van der Waals surface area contributed by atoms with Gasteiger partial charge >= 0.3 is 0 Å². The van der Waals surface area contributed by atoms with Gasteiger partial charge in [-0.15, -0.1) is 0 Å². The Morgan fingerprint density at radius 2 is 1.96 bits per heavy atom. The Kier molecular flexibility index (Phi) is 3.71. The Balaban J connectivity index is 1.61. The number of pyridine rings is 2. The van der Waals surface area contributed by atoms with Crippen LogP contribution in [0.1, 0.15) is 24.1 Å². The summed E-state index contributed by atoms with van der Waals surface area (Å²) >= 11 is 0. The smallest absolute Gasteiger partial charge is 0.251 e. The summed E-state index contributed by atoms with van der Waals surface area (Å²) in [5.41, 5.74) is 3.96. The van der Waals surface area contributed by atoms with Crippen molar-refractivity contribution in [1.82, 2.24) is 14.5 Å². The zero-order valence-electron chi connectivity index (χ0n) is 14.3. The first-order valence-electron chi connectivity index (χ1n) is 8.46. The first-order valence-corrected chi connectivity index (χ1v) is 8.46. The Bertz CT molecular complexity index is 912. The lowest BCUT2D eigenvalue weighted by molar-refractivity contribution is 0.0961. The van der Waals surface area contributed by atoms with Crippen LogP contribution in [0.4, 0.5) is 20.3 Å². The third-order valence-corrected chi connectivity index (χ3v) is 4.96. The van der Waals surface area contributed by atoms with Crippen molar-refractivity contribution in [3.8, 4) is 0 Å². The summed E-state index contributed by atoms with van der Waals surface area (Å²) in [6.45, 7) is 4.58. The zero-order chi connectivity index (χ0) is 17.6. The molecule has 0 amide bonds. The van der Waals surface area contributed by atoms with Crippen LogP contribution in [0.5, 0.6) is 0 Å². The van der Waals surface area contributed by atoms with Crippen molar-refractivity contribution in [1.29, 1.82) is 0 Å². The minimum Gasteiger partial charge on any atom is -0.347 e. The maximum atomic E-state index is 13.1. The van der Waals surface area contributed by atoms with Crippen molar-refractivity contribution in [2.75, 3.05) is 5.32 Å². The quantitative estimate of drug-likeness (QED) is 0.722. The summed E-state index contributed by atoms with van der Waals surface area (Å²) in [6.07, 6.45) is 6.01. The van der Waals surface area contributed by atoms with Crippen LogP contribution < -0.4 is 5.32 Å². The Labute approximate surface area is 144 Å². The van der Waals surface area contributed by atoms with E-state index in [0.29, 0.717) is 13.0 Å². The van der Waals surface area contributed by atoms with Crippen LogP contribution in [0.3, 0.4) is 0 Å². The number of fused-ring (bicyclic) bond motifs is 1. The minimum absolute atomic E-state index is 0.0279. The van der Waals surface area contributed by atoms with Gasteiger partial charge in [0.05, 0.1) is 16.9 Å². The third-order valence-electron chi connectivity index (χ3n) is 4.96. The second-order valence-corrected chi connectivity index (χ2v) is 6.77. The van der Waals surface area contributed by atoms with Crippen molar-refractivity contribution in [3.63, 3.8) is 0 Å². The van der Waals surface area contributed by atoms with Gasteiger partial charge in [-0.2, -0.15) is 0 Å². The van der Waals surface area contributed by atoms with Crippen LogP contribution in [0.2, 0.25) is 0 Å². The minimum atomic E-state index is -2.45. The molecule has 0 aliphatic heterocycles. The molecule has 0 radical (unpaired) electrons. The summed E-state index contributed by atoms with van der Waals surface area (Å²) < 4.78 is 28.2. The highest BCUT2D eigenvalue weighted by Crippen LogP contribution is 2.50. The molecule has 130 valence electrons. The van der Waals surface area contributed by atoms with Crippen molar-refractivity contribution in [3.05, 3.63) is 48.0 Å².